The van der Waals surface area contributed by atoms with Gasteiger partial charge in [0.25, 0.3) is 11.1 Å². The molecule has 10 heteroatoms. The number of benzene rings is 3. The van der Waals surface area contributed by atoms with Crippen LogP contribution in [0.2, 0.25) is 10.0 Å². The van der Waals surface area contributed by atoms with Crippen molar-refractivity contribution in [3.63, 3.8) is 0 Å². The summed E-state index contributed by atoms with van der Waals surface area (Å²) in [4.78, 5) is 38.8. The maximum atomic E-state index is 12.9. The molecule has 190 valence electrons. The smallest absolute Gasteiger partial charge is 0.294 e. The van der Waals surface area contributed by atoms with E-state index in [9.17, 15) is 14.4 Å². The first-order valence-electron chi connectivity index (χ1n) is 11.1. The van der Waals surface area contributed by atoms with Gasteiger partial charge in [0, 0.05) is 0 Å². The standard InChI is InChI=1S/C27H22Cl2N2O5S/c1-16-6-5-7-17(10-16)15-36-25-20(29)11-18(12-22(25)35-2)13-23-26(33)31(27(34)37-23)14-24(32)30-21-9-4-3-8-19(21)28/h3-13H,14-15H2,1-2H3,(H,30,32)/b23-13+. The molecular formula is C27H22Cl2N2O5S. The Labute approximate surface area is 228 Å². The number of nitrogens with zero attached hydrogens (tertiary/aromatic N) is 1. The van der Waals surface area contributed by atoms with Gasteiger partial charge < -0.3 is 14.8 Å². The molecule has 1 N–H and O–H groups in total. The Morgan fingerprint density at radius 1 is 1.05 bits per heavy atom. The van der Waals surface area contributed by atoms with Crippen LogP contribution in [0.3, 0.4) is 0 Å². The van der Waals surface area contributed by atoms with Crippen LogP contribution in [0.1, 0.15) is 16.7 Å². The molecule has 37 heavy (non-hydrogen) atoms. The third-order valence-corrected chi connectivity index (χ3v) is 6.86. The molecule has 0 unspecified atom stereocenters. The van der Waals surface area contributed by atoms with Gasteiger partial charge in [-0.1, -0.05) is 65.2 Å². The molecule has 3 amide bonds. The molecule has 1 aliphatic heterocycles. The highest BCUT2D eigenvalue weighted by atomic mass is 35.5. The number of ether oxygens (including phenoxy) is 2. The molecular weight excluding hydrogens is 535 g/mol. The quantitative estimate of drug-likeness (QED) is 0.316. The molecule has 1 aliphatic rings. The number of rotatable bonds is 8. The number of methoxy groups -OCH3 is 1. The average Bonchev–Trinajstić information content (AvgIpc) is 3.11. The van der Waals surface area contributed by atoms with Crippen molar-refractivity contribution in [1.29, 1.82) is 0 Å². The lowest BCUT2D eigenvalue weighted by Crippen LogP contribution is -2.36. The van der Waals surface area contributed by atoms with Gasteiger partial charge in [-0.15, -0.1) is 0 Å². The number of carbonyl (C=O) groups excluding carboxylic acids is 3. The van der Waals surface area contributed by atoms with Crippen molar-refractivity contribution in [2.24, 2.45) is 0 Å². The van der Waals surface area contributed by atoms with Crippen LogP contribution in [-0.2, 0) is 16.2 Å². The second kappa shape index (κ2) is 11.7. The summed E-state index contributed by atoms with van der Waals surface area (Å²) in [6.45, 7) is 1.86. The Balaban J connectivity index is 1.48. The average molecular weight is 557 g/mol. The molecule has 7 nitrogen and oxygen atoms in total. The third kappa shape index (κ3) is 6.46. The zero-order valence-corrected chi connectivity index (χ0v) is 22.2. The van der Waals surface area contributed by atoms with E-state index in [1.54, 1.807) is 36.4 Å². The third-order valence-electron chi connectivity index (χ3n) is 5.34. The number of para-hydroxylation sites is 1. The molecule has 3 aromatic carbocycles. The number of aryl methyl sites for hydroxylation is 1. The van der Waals surface area contributed by atoms with Gasteiger partial charge in [-0.25, -0.2) is 0 Å². The van der Waals surface area contributed by atoms with Crippen molar-refractivity contribution in [2.45, 2.75) is 13.5 Å². The molecule has 0 aromatic heterocycles. The Morgan fingerprint density at radius 2 is 1.84 bits per heavy atom. The minimum absolute atomic E-state index is 0.155. The Kier molecular flexibility index (Phi) is 8.43. The van der Waals surface area contributed by atoms with Crippen LogP contribution in [0, 0.1) is 6.92 Å². The van der Waals surface area contributed by atoms with Gasteiger partial charge >= 0.3 is 0 Å². The van der Waals surface area contributed by atoms with Gasteiger partial charge in [0.05, 0.1) is 27.7 Å². The molecule has 0 radical (unpaired) electrons. The zero-order chi connectivity index (χ0) is 26.5. The van der Waals surface area contributed by atoms with Gasteiger partial charge in [-0.05, 0) is 60.2 Å². The highest BCUT2D eigenvalue weighted by Crippen LogP contribution is 2.39. The lowest BCUT2D eigenvalue weighted by molar-refractivity contribution is -0.127. The topological polar surface area (TPSA) is 84.9 Å². The number of amides is 3. The van der Waals surface area contributed by atoms with Crippen molar-refractivity contribution in [3.05, 3.63) is 92.3 Å². The van der Waals surface area contributed by atoms with Crippen molar-refractivity contribution in [2.75, 3.05) is 19.0 Å². The summed E-state index contributed by atoms with van der Waals surface area (Å²) in [5.74, 6) is -0.382. The van der Waals surface area contributed by atoms with Crippen molar-refractivity contribution >= 4 is 63.8 Å². The molecule has 3 aromatic rings. The zero-order valence-electron chi connectivity index (χ0n) is 19.9. The number of nitrogens with one attached hydrogen (secondary N) is 1. The molecule has 4 rings (SSSR count). The van der Waals surface area contributed by atoms with Crippen molar-refractivity contribution < 1.29 is 23.9 Å². The summed E-state index contributed by atoms with van der Waals surface area (Å²) in [7, 11) is 1.49. The molecule has 0 spiro atoms. The number of hydrogen-bond acceptors (Lipinski definition) is 6. The summed E-state index contributed by atoms with van der Waals surface area (Å²) in [5, 5.41) is 2.69. The first-order valence-corrected chi connectivity index (χ1v) is 12.7. The van der Waals surface area contributed by atoms with Gasteiger partial charge in [-0.2, -0.15) is 0 Å². The van der Waals surface area contributed by atoms with Crippen LogP contribution in [-0.4, -0.2) is 35.6 Å². The van der Waals surface area contributed by atoms with E-state index in [1.807, 2.05) is 31.2 Å². The molecule has 0 saturated carbocycles. The number of anilines is 1. The minimum Gasteiger partial charge on any atom is -0.493 e. The van der Waals surface area contributed by atoms with Crippen molar-refractivity contribution in [3.8, 4) is 11.5 Å². The summed E-state index contributed by atoms with van der Waals surface area (Å²) in [6, 6.07) is 17.9. The Hall–Kier alpha value is -3.46. The molecule has 1 saturated heterocycles. The summed E-state index contributed by atoms with van der Waals surface area (Å²) >= 11 is 13.3. The van der Waals surface area contributed by atoms with Gasteiger partial charge in [0.15, 0.2) is 11.5 Å². The van der Waals surface area contributed by atoms with Gasteiger partial charge in [0.1, 0.15) is 13.2 Å². The van der Waals surface area contributed by atoms with Gasteiger partial charge in [-0.3, -0.25) is 19.3 Å². The Bertz CT molecular complexity index is 1410. The molecule has 1 fully saturated rings. The second-order valence-electron chi connectivity index (χ2n) is 8.11. The van der Waals surface area contributed by atoms with Crippen LogP contribution in [0.15, 0.2) is 65.6 Å². The normalized spacial score (nSPS) is 14.3. The monoisotopic (exact) mass is 556 g/mol. The van der Waals surface area contributed by atoms with E-state index in [1.165, 1.54) is 13.2 Å². The summed E-state index contributed by atoms with van der Waals surface area (Å²) in [5.41, 5.74) is 3.03. The van der Waals surface area contributed by atoms with Gasteiger partial charge in [0.2, 0.25) is 5.91 Å². The molecule has 0 atom stereocenters. The number of imide groups is 1. The van der Waals surface area contributed by atoms with Crippen LogP contribution >= 0.6 is 35.0 Å². The number of thioether (sulfide) groups is 1. The van der Waals surface area contributed by atoms with Crippen LogP contribution in [0.25, 0.3) is 6.08 Å². The predicted octanol–water partition coefficient (Wildman–Crippen LogP) is 6.56. The molecule has 0 bridgehead atoms. The maximum absolute atomic E-state index is 12.9. The number of hydrogen-bond donors (Lipinski definition) is 1. The summed E-state index contributed by atoms with van der Waals surface area (Å²) < 4.78 is 11.4. The van der Waals surface area contributed by atoms with E-state index < -0.39 is 23.6 Å². The summed E-state index contributed by atoms with van der Waals surface area (Å²) in [6.07, 6.45) is 1.52. The second-order valence-corrected chi connectivity index (χ2v) is 9.92. The van der Waals surface area contributed by atoms with Crippen molar-refractivity contribution in [1.82, 2.24) is 4.90 Å². The van der Waals surface area contributed by atoms with E-state index in [0.717, 1.165) is 27.8 Å². The first kappa shape index (κ1) is 26.6. The van der Waals surface area contributed by atoms with E-state index in [0.29, 0.717) is 34.4 Å². The highest BCUT2D eigenvalue weighted by molar-refractivity contribution is 8.18. The van der Waals surface area contributed by atoms with Crippen LogP contribution < -0.4 is 14.8 Å². The number of carbonyl (C=O) groups is 3. The number of halogens is 2. The van der Waals surface area contributed by atoms with E-state index in [2.05, 4.69) is 5.32 Å². The van der Waals surface area contributed by atoms with Crippen LogP contribution in [0.4, 0.5) is 10.5 Å². The van der Waals surface area contributed by atoms with E-state index in [-0.39, 0.29) is 9.93 Å². The fourth-order valence-electron chi connectivity index (χ4n) is 3.60. The first-order chi connectivity index (χ1) is 17.7. The lowest BCUT2D eigenvalue weighted by Gasteiger charge is -2.14. The van der Waals surface area contributed by atoms with E-state index in [4.69, 9.17) is 32.7 Å². The largest absolute Gasteiger partial charge is 0.493 e. The fourth-order valence-corrected chi connectivity index (χ4v) is 4.90. The fraction of sp³-hybridized carbons (Fsp3) is 0.148. The highest BCUT2D eigenvalue weighted by Gasteiger charge is 2.36. The molecule has 0 aliphatic carbocycles. The Morgan fingerprint density at radius 3 is 2.57 bits per heavy atom. The molecule has 1 heterocycles. The predicted molar refractivity (Wildman–Crippen MR) is 146 cm³/mol. The minimum atomic E-state index is -0.584. The van der Waals surface area contributed by atoms with E-state index >= 15 is 0 Å². The lowest BCUT2D eigenvalue weighted by atomic mass is 10.1. The SMILES string of the molecule is COc1cc(/C=C2/SC(=O)N(CC(=O)Nc3ccccc3Cl)C2=O)cc(Cl)c1OCc1cccc(C)c1. The van der Waals surface area contributed by atoms with Crippen LogP contribution in [0.5, 0.6) is 11.5 Å². The maximum Gasteiger partial charge on any atom is 0.294 e.